The minimum Gasteiger partial charge on any atom is -0.508 e. The summed E-state index contributed by atoms with van der Waals surface area (Å²) in [5.74, 6) is 1.26. The number of fused-ring (bicyclic) bond motifs is 1. The Morgan fingerprint density at radius 3 is 2.88 bits per heavy atom. The third-order valence-electron chi connectivity index (χ3n) is 4.13. The van der Waals surface area contributed by atoms with E-state index in [-0.39, 0.29) is 11.1 Å². The van der Waals surface area contributed by atoms with Gasteiger partial charge in [-0.05, 0) is 17.7 Å². The molecule has 1 aliphatic heterocycles. The number of phenolic OH excluding ortho intramolecular Hbond substituents is 1. The number of aliphatic hydroxyl groups excluding tert-OH is 2. The van der Waals surface area contributed by atoms with Crippen LogP contribution in [0.4, 0.5) is 5.82 Å². The fourth-order valence-electron chi connectivity index (χ4n) is 2.85. The highest BCUT2D eigenvalue weighted by Gasteiger charge is 2.36. The van der Waals surface area contributed by atoms with Crippen molar-refractivity contribution in [1.82, 2.24) is 19.5 Å². The van der Waals surface area contributed by atoms with Gasteiger partial charge in [-0.25, -0.2) is 15.0 Å². The Bertz CT molecular complexity index is 902. The number of rotatable bonds is 4. The number of benzene rings is 1. The van der Waals surface area contributed by atoms with Gasteiger partial charge in [-0.15, -0.1) is 11.8 Å². The summed E-state index contributed by atoms with van der Waals surface area (Å²) in [6, 6.07) is 6.97. The van der Waals surface area contributed by atoms with Crippen LogP contribution in [0.15, 0.2) is 36.9 Å². The highest BCUT2D eigenvalue weighted by atomic mass is 32.2. The molecular formula is C16H17N5O3S. The number of aromatic hydroxyl groups is 1. The van der Waals surface area contributed by atoms with Crippen molar-refractivity contribution in [2.75, 3.05) is 11.1 Å². The molecule has 2 unspecified atom stereocenters. The van der Waals surface area contributed by atoms with E-state index < -0.39 is 12.2 Å². The molecule has 3 atom stereocenters. The molecular weight excluding hydrogens is 342 g/mol. The van der Waals surface area contributed by atoms with Crippen molar-refractivity contribution in [3.8, 4) is 5.75 Å². The van der Waals surface area contributed by atoms with Gasteiger partial charge in [0.15, 0.2) is 11.5 Å². The fraction of sp³-hybridized carbons (Fsp3) is 0.312. The first-order valence-corrected chi connectivity index (χ1v) is 8.85. The van der Waals surface area contributed by atoms with Crippen LogP contribution in [-0.4, -0.2) is 52.8 Å². The zero-order valence-corrected chi connectivity index (χ0v) is 14.0. The van der Waals surface area contributed by atoms with Gasteiger partial charge >= 0.3 is 0 Å². The first-order valence-electron chi connectivity index (χ1n) is 7.80. The van der Waals surface area contributed by atoms with Gasteiger partial charge in [0.25, 0.3) is 0 Å². The molecule has 3 heterocycles. The van der Waals surface area contributed by atoms with E-state index in [1.165, 1.54) is 18.1 Å². The molecule has 25 heavy (non-hydrogen) atoms. The van der Waals surface area contributed by atoms with Gasteiger partial charge in [0.2, 0.25) is 0 Å². The standard InChI is InChI=1S/C16H17N5O3S/c22-10-3-1-2-9(4-10)5-17-14-12-15(19-7-18-14)21(8-20-12)16-13(24)11(23)6-25-16/h1-4,7-8,11,13,16,22-24H,5-6H2,(H,17,18,19)/t11?,13?,16-/m1/s1. The average Bonchev–Trinajstić information content (AvgIpc) is 3.17. The highest BCUT2D eigenvalue weighted by Crippen LogP contribution is 2.38. The molecule has 2 aromatic heterocycles. The summed E-state index contributed by atoms with van der Waals surface area (Å²) < 4.78 is 1.77. The van der Waals surface area contributed by atoms with E-state index in [9.17, 15) is 15.3 Å². The van der Waals surface area contributed by atoms with E-state index in [1.54, 1.807) is 29.1 Å². The van der Waals surface area contributed by atoms with Crippen LogP contribution >= 0.6 is 11.8 Å². The van der Waals surface area contributed by atoms with Gasteiger partial charge in [-0.1, -0.05) is 12.1 Å². The van der Waals surface area contributed by atoms with Crippen molar-refractivity contribution < 1.29 is 15.3 Å². The smallest absolute Gasteiger partial charge is 0.166 e. The molecule has 9 heteroatoms. The molecule has 0 spiro atoms. The number of thioether (sulfide) groups is 1. The second kappa shape index (κ2) is 6.51. The van der Waals surface area contributed by atoms with Gasteiger partial charge in [-0.2, -0.15) is 0 Å². The molecule has 130 valence electrons. The zero-order valence-electron chi connectivity index (χ0n) is 13.1. The molecule has 1 saturated heterocycles. The van der Waals surface area contributed by atoms with Crippen molar-refractivity contribution in [3.05, 3.63) is 42.5 Å². The summed E-state index contributed by atoms with van der Waals surface area (Å²) in [6.07, 6.45) is 1.43. The van der Waals surface area contributed by atoms with E-state index in [2.05, 4.69) is 20.3 Å². The number of hydrogen-bond donors (Lipinski definition) is 4. The van der Waals surface area contributed by atoms with Crippen molar-refractivity contribution in [3.63, 3.8) is 0 Å². The van der Waals surface area contributed by atoms with E-state index >= 15 is 0 Å². The van der Waals surface area contributed by atoms with Crippen molar-refractivity contribution in [2.45, 2.75) is 24.1 Å². The lowest BCUT2D eigenvalue weighted by molar-refractivity contribution is 0.0313. The molecule has 0 amide bonds. The first-order chi connectivity index (χ1) is 12.1. The molecule has 1 aliphatic rings. The summed E-state index contributed by atoms with van der Waals surface area (Å²) in [5.41, 5.74) is 2.10. The molecule has 4 rings (SSSR count). The van der Waals surface area contributed by atoms with E-state index in [0.717, 1.165) is 5.56 Å². The maximum Gasteiger partial charge on any atom is 0.166 e. The third kappa shape index (κ3) is 3.01. The van der Waals surface area contributed by atoms with Crippen LogP contribution < -0.4 is 5.32 Å². The Morgan fingerprint density at radius 2 is 2.12 bits per heavy atom. The average molecular weight is 359 g/mol. The summed E-state index contributed by atoms with van der Waals surface area (Å²) in [7, 11) is 0. The van der Waals surface area contributed by atoms with Gasteiger partial charge in [0.05, 0.1) is 12.4 Å². The molecule has 8 nitrogen and oxygen atoms in total. The van der Waals surface area contributed by atoms with E-state index in [0.29, 0.717) is 29.3 Å². The lowest BCUT2D eigenvalue weighted by Gasteiger charge is -2.17. The Morgan fingerprint density at radius 1 is 1.24 bits per heavy atom. The molecule has 4 N–H and O–H groups in total. The van der Waals surface area contributed by atoms with E-state index in [1.807, 2.05) is 6.07 Å². The van der Waals surface area contributed by atoms with Crippen LogP contribution in [0.3, 0.4) is 0 Å². The van der Waals surface area contributed by atoms with E-state index in [4.69, 9.17) is 0 Å². The lowest BCUT2D eigenvalue weighted by atomic mass is 10.2. The maximum atomic E-state index is 10.1. The van der Waals surface area contributed by atoms with Gasteiger partial charge in [0.1, 0.15) is 29.1 Å². The van der Waals surface area contributed by atoms with Crippen LogP contribution in [0.1, 0.15) is 10.9 Å². The van der Waals surface area contributed by atoms with Gasteiger partial charge in [-0.3, -0.25) is 4.57 Å². The van der Waals surface area contributed by atoms with Crippen LogP contribution in [-0.2, 0) is 6.54 Å². The first kappa shape index (κ1) is 16.1. The minimum atomic E-state index is -0.860. The number of aromatic nitrogens is 4. The van der Waals surface area contributed by atoms with Crippen molar-refractivity contribution in [1.29, 1.82) is 0 Å². The number of aliphatic hydroxyl groups is 2. The topological polar surface area (TPSA) is 116 Å². The predicted octanol–water partition coefficient (Wildman–Crippen LogP) is 1.11. The van der Waals surface area contributed by atoms with Crippen molar-refractivity contribution in [2.24, 2.45) is 0 Å². The Labute approximate surface area is 147 Å². The largest absolute Gasteiger partial charge is 0.508 e. The summed E-state index contributed by atoms with van der Waals surface area (Å²) in [5, 5.41) is 32.3. The third-order valence-corrected chi connectivity index (χ3v) is 5.51. The van der Waals surface area contributed by atoms with Gasteiger partial charge < -0.3 is 20.6 Å². The summed E-state index contributed by atoms with van der Waals surface area (Å²) in [4.78, 5) is 12.9. The van der Waals surface area contributed by atoms with Crippen molar-refractivity contribution >= 4 is 28.7 Å². The minimum absolute atomic E-state index is 0.210. The number of anilines is 1. The molecule has 3 aromatic rings. The van der Waals surface area contributed by atoms with Gasteiger partial charge in [0, 0.05) is 12.3 Å². The number of nitrogens with zero attached hydrogens (tertiary/aromatic N) is 4. The molecule has 1 fully saturated rings. The molecule has 0 radical (unpaired) electrons. The summed E-state index contributed by atoms with van der Waals surface area (Å²) in [6.45, 7) is 0.479. The maximum absolute atomic E-state index is 10.1. The zero-order chi connectivity index (χ0) is 17.4. The van der Waals surface area contributed by atoms with Crippen LogP contribution in [0, 0.1) is 0 Å². The summed E-state index contributed by atoms with van der Waals surface area (Å²) >= 11 is 1.46. The fourth-order valence-corrected chi connectivity index (χ4v) is 4.13. The quantitative estimate of drug-likeness (QED) is 0.547. The Kier molecular flexibility index (Phi) is 4.20. The highest BCUT2D eigenvalue weighted by molar-refractivity contribution is 7.99. The Balaban J connectivity index is 1.61. The number of hydrogen-bond acceptors (Lipinski definition) is 8. The second-order valence-corrected chi connectivity index (χ2v) is 7.00. The van der Waals surface area contributed by atoms with Crippen LogP contribution in [0.2, 0.25) is 0 Å². The number of imidazole rings is 1. The molecule has 0 bridgehead atoms. The van der Waals surface area contributed by atoms with Crippen LogP contribution in [0.5, 0.6) is 5.75 Å². The SMILES string of the molecule is Oc1cccc(CNc2ncnc3c2ncn3[C@@H]2SCC(O)C2O)c1. The molecule has 1 aromatic carbocycles. The second-order valence-electron chi connectivity index (χ2n) is 5.85. The number of nitrogens with one attached hydrogen (secondary N) is 1. The monoisotopic (exact) mass is 359 g/mol. The molecule has 0 saturated carbocycles. The van der Waals surface area contributed by atoms with Crippen LogP contribution in [0.25, 0.3) is 11.2 Å². The lowest BCUT2D eigenvalue weighted by Crippen LogP contribution is -2.27. The Hall–Kier alpha value is -2.36. The molecule has 0 aliphatic carbocycles. The normalized spacial score (nSPS) is 23.2. The predicted molar refractivity (Wildman–Crippen MR) is 94.3 cm³/mol. The number of phenols is 1.